The van der Waals surface area contributed by atoms with E-state index >= 15 is 0 Å². The van der Waals surface area contributed by atoms with Crippen molar-refractivity contribution in [3.8, 4) is 5.75 Å². The summed E-state index contributed by atoms with van der Waals surface area (Å²) < 4.78 is 17.6. The highest BCUT2D eigenvalue weighted by molar-refractivity contribution is 5.27. The van der Waals surface area contributed by atoms with Crippen LogP contribution >= 0.6 is 0 Å². The van der Waals surface area contributed by atoms with Crippen LogP contribution in [0.1, 0.15) is 11.3 Å². The van der Waals surface area contributed by atoms with Crippen LogP contribution in [0.3, 0.4) is 0 Å². The number of aromatic nitrogens is 1. The summed E-state index contributed by atoms with van der Waals surface area (Å²) in [5, 5.41) is 15.8. The van der Waals surface area contributed by atoms with E-state index in [9.17, 15) is 4.39 Å². The minimum absolute atomic E-state index is 0.333. The summed E-state index contributed by atoms with van der Waals surface area (Å²) in [5.74, 6) is -0.944. The van der Waals surface area contributed by atoms with Gasteiger partial charge in [-0.3, -0.25) is 0 Å². The average molecular weight is 222 g/mol. The molecular formula is C11H11FN2O2. The van der Waals surface area contributed by atoms with Gasteiger partial charge in [-0.1, -0.05) is 11.2 Å². The van der Waals surface area contributed by atoms with Gasteiger partial charge >= 0.3 is 0 Å². The monoisotopic (exact) mass is 222 g/mol. The number of hydrogen-bond donors (Lipinski definition) is 2. The van der Waals surface area contributed by atoms with E-state index in [4.69, 9.17) is 5.11 Å². The normalized spacial score (nSPS) is 10.6. The third-order valence-electron chi connectivity index (χ3n) is 2.14. The van der Waals surface area contributed by atoms with Crippen molar-refractivity contribution in [3.63, 3.8) is 0 Å². The number of phenolic OH excluding ortho intramolecular Hbond substituents is 1. The van der Waals surface area contributed by atoms with Crippen molar-refractivity contribution >= 4 is 0 Å². The third-order valence-corrected chi connectivity index (χ3v) is 2.14. The molecule has 0 spiro atoms. The molecule has 1 heterocycles. The van der Waals surface area contributed by atoms with Crippen molar-refractivity contribution in [1.82, 2.24) is 10.5 Å². The fourth-order valence-corrected chi connectivity index (χ4v) is 1.32. The minimum atomic E-state index is -0.610. The number of nitrogens with zero attached hydrogens (tertiary/aromatic N) is 1. The second-order valence-electron chi connectivity index (χ2n) is 3.38. The molecule has 0 aliphatic rings. The third kappa shape index (κ3) is 2.58. The number of nitrogens with one attached hydrogen (secondary N) is 1. The van der Waals surface area contributed by atoms with E-state index in [2.05, 4.69) is 15.0 Å². The van der Waals surface area contributed by atoms with Gasteiger partial charge in [-0.2, -0.15) is 0 Å². The highest BCUT2D eigenvalue weighted by atomic mass is 19.1. The zero-order chi connectivity index (χ0) is 11.4. The topological polar surface area (TPSA) is 58.3 Å². The SMILES string of the molecule is Oc1ccc(CNCc2ccon2)cc1F. The van der Waals surface area contributed by atoms with Crippen LogP contribution in [0.15, 0.2) is 35.1 Å². The predicted octanol–water partition coefficient (Wildman–Crippen LogP) is 1.81. The molecule has 2 rings (SSSR count). The quantitative estimate of drug-likeness (QED) is 0.828. The molecule has 0 aliphatic heterocycles. The Morgan fingerprint density at radius 3 is 2.88 bits per heavy atom. The molecule has 16 heavy (non-hydrogen) atoms. The van der Waals surface area contributed by atoms with Gasteiger partial charge in [-0.25, -0.2) is 4.39 Å². The molecule has 0 radical (unpaired) electrons. The molecule has 1 aromatic carbocycles. The highest BCUT2D eigenvalue weighted by Gasteiger charge is 2.01. The Morgan fingerprint density at radius 2 is 2.19 bits per heavy atom. The second kappa shape index (κ2) is 4.76. The molecule has 84 valence electrons. The first-order chi connectivity index (χ1) is 7.75. The number of phenols is 1. The molecule has 0 unspecified atom stereocenters. The number of benzene rings is 1. The molecule has 4 nitrogen and oxygen atoms in total. The van der Waals surface area contributed by atoms with E-state index in [1.54, 1.807) is 12.1 Å². The highest BCUT2D eigenvalue weighted by Crippen LogP contribution is 2.15. The standard InChI is InChI=1S/C11H11FN2O2/c12-10-5-8(1-2-11(10)15)6-13-7-9-3-4-16-14-9/h1-5,13,15H,6-7H2. The average Bonchev–Trinajstić information content (AvgIpc) is 2.76. The lowest BCUT2D eigenvalue weighted by atomic mass is 10.2. The lowest BCUT2D eigenvalue weighted by molar-refractivity contribution is 0.408. The molecule has 0 fully saturated rings. The molecule has 1 aromatic heterocycles. The van der Waals surface area contributed by atoms with Crippen LogP contribution in [0.5, 0.6) is 5.75 Å². The van der Waals surface area contributed by atoms with Crippen LogP contribution in [0, 0.1) is 5.82 Å². The molecule has 5 heteroatoms. The summed E-state index contributed by atoms with van der Waals surface area (Å²) in [6.07, 6.45) is 1.50. The van der Waals surface area contributed by atoms with Gasteiger partial charge in [0.1, 0.15) is 6.26 Å². The van der Waals surface area contributed by atoms with Crippen molar-refractivity contribution in [2.75, 3.05) is 0 Å². The van der Waals surface area contributed by atoms with E-state index in [1.165, 1.54) is 18.4 Å². The minimum Gasteiger partial charge on any atom is -0.505 e. The fourth-order valence-electron chi connectivity index (χ4n) is 1.32. The maximum Gasteiger partial charge on any atom is 0.165 e. The second-order valence-corrected chi connectivity index (χ2v) is 3.38. The number of halogens is 1. The maximum atomic E-state index is 13.0. The summed E-state index contributed by atoms with van der Waals surface area (Å²) in [6, 6.07) is 6.05. The molecule has 0 bridgehead atoms. The summed E-state index contributed by atoms with van der Waals surface area (Å²) in [6.45, 7) is 1.06. The summed E-state index contributed by atoms with van der Waals surface area (Å²) >= 11 is 0. The van der Waals surface area contributed by atoms with Crippen LogP contribution < -0.4 is 5.32 Å². The van der Waals surface area contributed by atoms with E-state index in [0.717, 1.165) is 11.3 Å². The van der Waals surface area contributed by atoms with Crippen molar-refractivity contribution in [2.24, 2.45) is 0 Å². The first-order valence-corrected chi connectivity index (χ1v) is 4.83. The van der Waals surface area contributed by atoms with Crippen molar-refractivity contribution in [1.29, 1.82) is 0 Å². The molecule has 0 saturated carbocycles. The van der Waals surface area contributed by atoms with Crippen molar-refractivity contribution in [2.45, 2.75) is 13.1 Å². The Morgan fingerprint density at radius 1 is 1.31 bits per heavy atom. The Hall–Kier alpha value is -1.88. The summed E-state index contributed by atoms with van der Waals surface area (Å²) in [4.78, 5) is 0. The van der Waals surface area contributed by atoms with Gasteiger partial charge in [0, 0.05) is 19.2 Å². The van der Waals surface area contributed by atoms with Gasteiger partial charge in [-0.05, 0) is 17.7 Å². The zero-order valence-electron chi connectivity index (χ0n) is 8.48. The van der Waals surface area contributed by atoms with Gasteiger partial charge in [0.25, 0.3) is 0 Å². The predicted molar refractivity (Wildman–Crippen MR) is 55.1 cm³/mol. The van der Waals surface area contributed by atoms with E-state index in [0.29, 0.717) is 13.1 Å². The fraction of sp³-hybridized carbons (Fsp3) is 0.182. The number of hydrogen-bond acceptors (Lipinski definition) is 4. The molecular weight excluding hydrogens is 211 g/mol. The molecule has 2 N–H and O–H groups in total. The lowest BCUT2D eigenvalue weighted by Gasteiger charge is -2.03. The first kappa shape index (κ1) is 10.6. The number of rotatable bonds is 4. The summed E-state index contributed by atoms with van der Waals surface area (Å²) in [5.41, 5.74) is 1.55. The van der Waals surface area contributed by atoms with Crippen LogP contribution in [-0.4, -0.2) is 10.3 Å². The molecule has 0 saturated heterocycles. The zero-order valence-corrected chi connectivity index (χ0v) is 8.48. The first-order valence-electron chi connectivity index (χ1n) is 4.83. The van der Waals surface area contributed by atoms with Crippen molar-refractivity contribution in [3.05, 3.63) is 47.6 Å². The van der Waals surface area contributed by atoms with Crippen LogP contribution in [0.25, 0.3) is 0 Å². The van der Waals surface area contributed by atoms with Crippen LogP contribution in [-0.2, 0) is 13.1 Å². The Kier molecular flexibility index (Phi) is 3.16. The van der Waals surface area contributed by atoms with E-state index in [-0.39, 0.29) is 5.75 Å². The number of aromatic hydroxyl groups is 1. The van der Waals surface area contributed by atoms with Crippen LogP contribution in [0.4, 0.5) is 4.39 Å². The van der Waals surface area contributed by atoms with Crippen molar-refractivity contribution < 1.29 is 14.0 Å². The molecule has 0 atom stereocenters. The smallest absolute Gasteiger partial charge is 0.165 e. The lowest BCUT2D eigenvalue weighted by Crippen LogP contribution is -2.12. The molecule has 0 amide bonds. The Balaban J connectivity index is 1.87. The van der Waals surface area contributed by atoms with Gasteiger partial charge in [-0.15, -0.1) is 0 Å². The van der Waals surface area contributed by atoms with Gasteiger partial charge < -0.3 is 14.9 Å². The Labute approximate surface area is 91.7 Å². The van der Waals surface area contributed by atoms with Gasteiger partial charge in [0.2, 0.25) is 0 Å². The molecule has 2 aromatic rings. The maximum absolute atomic E-state index is 13.0. The van der Waals surface area contributed by atoms with Gasteiger partial charge in [0.05, 0.1) is 5.69 Å². The Bertz CT molecular complexity index is 457. The van der Waals surface area contributed by atoms with Crippen LogP contribution in [0.2, 0.25) is 0 Å². The largest absolute Gasteiger partial charge is 0.505 e. The van der Waals surface area contributed by atoms with Gasteiger partial charge in [0.15, 0.2) is 11.6 Å². The summed E-state index contributed by atoms with van der Waals surface area (Å²) in [7, 11) is 0. The van der Waals surface area contributed by atoms with E-state index < -0.39 is 5.82 Å². The molecule has 0 aliphatic carbocycles. The van der Waals surface area contributed by atoms with E-state index in [1.807, 2.05) is 0 Å².